The maximum absolute atomic E-state index is 10.3. The van der Waals surface area contributed by atoms with E-state index >= 15 is 0 Å². The lowest BCUT2D eigenvalue weighted by atomic mass is 9.95. The molecule has 0 spiro atoms. The first-order valence-corrected chi connectivity index (χ1v) is 8.67. The van der Waals surface area contributed by atoms with E-state index in [9.17, 15) is 5.11 Å². The summed E-state index contributed by atoms with van der Waals surface area (Å²) >= 11 is 0. The highest BCUT2D eigenvalue weighted by atomic mass is 127. The lowest BCUT2D eigenvalue weighted by Crippen LogP contribution is -3.00. The minimum Gasteiger partial charge on any atom is -1.00 e. The molecule has 4 rings (SSSR count). The van der Waals surface area contributed by atoms with Crippen LogP contribution >= 0.6 is 0 Å². The Kier molecular flexibility index (Phi) is 5.74. The van der Waals surface area contributed by atoms with Gasteiger partial charge in [0.05, 0.1) is 39.4 Å². The van der Waals surface area contributed by atoms with E-state index in [4.69, 9.17) is 18.9 Å². The molecule has 0 saturated carbocycles. The largest absolute Gasteiger partial charge is 1.00 e. The fourth-order valence-electron chi connectivity index (χ4n) is 3.79. The number of fused-ring (bicyclic) bond motifs is 4. The number of hydrogen-bond acceptors (Lipinski definition) is 5. The Morgan fingerprint density at radius 3 is 2.18 bits per heavy atom. The number of rotatable bonds is 4. The zero-order chi connectivity index (χ0) is 19.1. The molecule has 0 amide bonds. The van der Waals surface area contributed by atoms with Gasteiger partial charge in [-0.25, -0.2) is 0 Å². The Bertz CT molecular complexity index is 1050. The topological polar surface area (TPSA) is 61.0 Å². The van der Waals surface area contributed by atoms with Crippen LogP contribution in [0.5, 0.6) is 28.7 Å². The highest BCUT2D eigenvalue weighted by Crippen LogP contribution is 2.44. The van der Waals surface area contributed by atoms with Crippen LogP contribution in [-0.2, 0) is 13.0 Å². The highest BCUT2D eigenvalue weighted by molar-refractivity contribution is 5.93. The standard InChI is InChI=1S/C21H21NO5.HI/c1-24-18-9-12-5-6-22-11-15-13(7-16(22)14(12)10-19(18)25-2)8-17(23)21(27-4)20(15)26-3;/h7-11H,5-6H2,1-4H3;1H. The molecule has 0 fully saturated rings. The number of benzene rings is 2. The molecule has 0 saturated heterocycles. The van der Waals surface area contributed by atoms with E-state index in [1.807, 2.05) is 18.3 Å². The van der Waals surface area contributed by atoms with Gasteiger partial charge >= 0.3 is 0 Å². The van der Waals surface area contributed by atoms with Gasteiger partial charge in [-0.1, -0.05) is 0 Å². The zero-order valence-corrected chi connectivity index (χ0v) is 18.4. The second kappa shape index (κ2) is 7.90. The number of pyridine rings is 1. The first kappa shape index (κ1) is 20.3. The molecule has 0 radical (unpaired) electrons. The van der Waals surface area contributed by atoms with Gasteiger partial charge < -0.3 is 48.0 Å². The zero-order valence-electron chi connectivity index (χ0n) is 16.2. The number of halogens is 1. The van der Waals surface area contributed by atoms with Crippen LogP contribution in [0.3, 0.4) is 0 Å². The summed E-state index contributed by atoms with van der Waals surface area (Å²) in [6, 6.07) is 7.80. The average molecular weight is 495 g/mol. The molecule has 1 aliphatic rings. The van der Waals surface area contributed by atoms with E-state index in [2.05, 4.69) is 10.6 Å². The molecule has 0 unspecified atom stereocenters. The van der Waals surface area contributed by atoms with Gasteiger partial charge in [-0.3, -0.25) is 0 Å². The number of aromatic nitrogens is 1. The van der Waals surface area contributed by atoms with Crippen LogP contribution < -0.4 is 47.5 Å². The lowest BCUT2D eigenvalue weighted by molar-refractivity contribution is -0.686. The Morgan fingerprint density at radius 1 is 0.857 bits per heavy atom. The van der Waals surface area contributed by atoms with Gasteiger partial charge in [-0.2, -0.15) is 4.57 Å². The summed E-state index contributed by atoms with van der Waals surface area (Å²) in [7, 11) is 6.38. The van der Waals surface area contributed by atoms with Crippen molar-refractivity contribution in [1.82, 2.24) is 0 Å². The quantitative estimate of drug-likeness (QED) is 0.411. The lowest BCUT2D eigenvalue weighted by Gasteiger charge is -2.19. The van der Waals surface area contributed by atoms with Crippen LogP contribution in [0.25, 0.3) is 22.0 Å². The van der Waals surface area contributed by atoms with E-state index in [0.29, 0.717) is 17.2 Å². The molecule has 0 bridgehead atoms. The molecule has 1 aliphatic heterocycles. The monoisotopic (exact) mass is 495 g/mol. The molecule has 0 aliphatic carbocycles. The van der Waals surface area contributed by atoms with Crippen LogP contribution in [0.4, 0.5) is 0 Å². The predicted molar refractivity (Wildman–Crippen MR) is 101 cm³/mol. The summed E-state index contributed by atoms with van der Waals surface area (Å²) in [5.41, 5.74) is 3.35. The molecule has 2 heterocycles. The summed E-state index contributed by atoms with van der Waals surface area (Å²) in [6.07, 6.45) is 2.93. The van der Waals surface area contributed by atoms with E-state index in [0.717, 1.165) is 40.7 Å². The van der Waals surface area contributed by atoms with E-state index < -0.39 is 0 Å². The molecule has 148 valence electrons. The molecule has 28 heavy (non-hydrogen) atoms. The number of ether oxygens (including phenoxy) is 4. The Labute approximate surface area is 180 Å². The molecular weight excluding hydrogens is 473 g/mol. The highest BCUT2D eigenvalue weighted by Gasteiger charge is 2.28. The number of methoxy groups -OCH3 is 4. The number of aromatic hydroxyl groups is 1. The third-order valence-corrected chi connectivity index (χ3v) is 5.09. The second-order valence-corrected chi connectivity index (χ2v) is 6.43. The number of hydrogen-bond donors (Lipinski definition) is 1. The second-order valence-electron chi connectivity index (χ2n) is 6.43. The first-order valence-electron chi connectivity index (χ1n) is 8.67. The minimum atomic E-state index is 0. The Balaban J connectivity index is 0.00000225. The third kappa shape index (κ3) is 3.07. The summed E-state index contributed by atoms with van der Waals surface area (Å²) in [5, 5.41) is 12.1. The third-order valence-electron chi connectivity index (χ3n) is 5.09. The fourth-order valence-corrected chi connectivity index (χ4v) is 3.79. The molecule has 3 aromatic rings. The van der Waals surface area contributed by atoms with Crippen molar-refractivity contribution in [3.63, 3.8) is 0 Å². The van der Waals surface area contributed by atoms with E-state index in [-0.39, 0.29) is 29.7 Å². The van der Waals surface area contributed by atoms with Crippen molar-refractivity contribution < 1.29 is 52.6 Å². The summed E-state index contributed by atoms with van der Waals surface area (Å²) in [6.45, 7) is 0.833. The van der Waals surface area contributed by atoms with Gasteiger partial charge in [-0.05, 0) is 23.8 Å². The Morgan fingerprint density at radius 2 is 1.54 bits per heavy atom. The number of nitrogens with zero attached hydrogens (tertiary/aromatic N) is 1. The Hall–Kier alpha value is -2.42. The molecule has 6 nitrogen and oxygen atoms in total. The molecule has 1 aromatic heterocycles. The molecule has 7 heteroatoms. The van der Waals surface area contributed by atoms with Gasteiger partial charge in [0, 0.05) is 17.9 Å². The minimum absolute atomic E-state index is 0. The van der Waals surface area contributed by atoms with Gasteiger partial charge in [0.15, 0.2) is 35.7 Å². The van der Waals surface area contributed by atoms with Crippen molar-refractivity contribution >= 4 is 10.8 Å². The van der Waals surface area contributed by atoms with E-state index in [1.54, 1.807) is 27.4 Å². The molecule has 1 N–H and O–H groups in total. The average Bonchev–Trinajstić information content (AvgIpc) is 2.70. The summed E-state index contributed by atoms with van der Waals surface area (Å²) in [5.74, 6) is 2.35. The van der Waals surface area contributed by atoms with Crippen LogP contribution in [-0.4, -0.2) is 33.5 Å². The van der Waals surface area contributed by atoms with Gasteiger partial charge in [0.25, 0.3) is 0 Å². The van der Waals surface area contributed by atoms with Crippen LogP contribution in [0.2, 0.25) is 0 Å². The predicted octanol–water partition coefficient (Wildman–Crippen LogP) is 0.0944. The first-order chi connectivity index (χ1) is 13.1. The van der Waals surface area contributed by atoms with Crippen molar-refractivity contribution in [3.8, 4) is 40.0 Å². The van der Waals surface area contributed by atoms with Gasteiger partial charge in [-0.15, -0.1) is 0 Å². The van der Waals surface area contributed by atoms with Gasteiger partial charge in [0.1, 0.15) is 0 Å². The number of phenolic OH excluding ortho intramolecular Hbond substituents is 1. The molecule has 2 aromatic carbocycles. The fraction of sp³-hybridized carbons (Fsp3) is 0.286. The van der Waals surface area contributed by atoms with Crippen LogP contribution in [0.1, 0.15) is 5.56 Å². The van der Waals surface area contributed by atoms with Crippen molar-refractivity contribution in [1.29, 1.82) is 0 Å². The number of aryl methyl sites for hydroxylation is 2. The maximum atomic E-state index is 10.3. The summed E-state index contributed by atoms with van der Waals surface area (Å²) in [4.78, 5) is 0. The maximum Gasteiger partial charge on any atom is 0.213 e. The smallest absolute Gasteiger partial charge is 0.213 e. The SMILES string of the molecule is COc1cc2c(cc1OC)-c1cc3cc(O)c(OC)c(OC)c3c[n+]1CC2.[I-]. The van der Waals surface area contributed by atoms with Gasteiger partial charge in [0.2, 0.25) is 11.4 Å². The van der Waals surface area contributed by atoms with Crippen molar-refractivity contribution in [2.24, 2.45) is 0 Å². The molecule has 0 atom stereocenters. The van der Waals surface area contributed by atoms with Crippen LogP contribution in [0, 0.1) is 0 Å². The van der Waals surface area contributed by atoms with Crippen molar-refractivity contribution in [2.45, 2.75) is 13.0 Å². The van der Waals surface area contributed by atoms with Crippen molar-refractivity contribution in [3.05, 3.63) is 36.0 Å². The molecular formula is C21H22INO5. The normalized spacial score (nSPS) is 11.9. The summed E-state index contributed by atoms with van der Waals surface area (Å²) < 4.78 is 23.9. The number of phenols is 1. The van der Waals surface area contributed by atoms with Crippen LogP contribution in [0.15, 0.2) is 30.5 Å². The van der Waals surface area contributed by atoms with E-state index in [1.165, 1.54) is 12.7 Å². The van der Waals surface area contributed by atoms with Crippen molar-refractivity contribution in [2.75, 3.05) is 28.4 Å².